The summed E-state index contributed by atoms with van der Waals surface area (Å²) in [6, 6.07) is 2.70. The summed E-state index contributed by atoms with van der Waals surface area (Å²) in [6.45, 7) is 0.999. The molecule has 1 N–H and O–H groups in total. The van der Waals surface area contributed by atoms with Crippen LogP contribution in [0.3, 0.4) is 0 Å². The van der Waals surface area contributed by atoms with E-state index >= 15 is 0 Å². The number of carbonyl (C=O) groups excluding carboxylic acids is 1. The van der Waals surface area contributed by atoms with Crippen molar-refractivity contribution in [3.63, 3.8) is 0 Å². The van der Waals surface area contributed by atoms with Crippen molar-refractivity contribution in [1.29, 1.82) is 0 Å². The van der Waals surface area contributed by atoms with Gasteiger partial charge in [0.2, 0.25) is 5.88 Å². The molecule has 1 saturated heterocycles. The summed E-state index contributed by atoms with van der Waals surface area (Å²) in [4.78, 5) is 35.3. The highest BCUT2D eigenvalue weighted by molar-refractivity contribution is 5.92. The Bertz CT molecular complexity index is 770. The number of nitrogens with one attached hydrogen (secondary N) is 1. The van der Waals surface area contributed by atoms with Gasteiger partial charge in [0.05, 0.1) is 18.9 Å². The van der Waals surface area contributed by atoms with Crippen LogP contribution in [0, 0.1) is 0 Å². The van der Waals surface area contributed by atoms with Crippen LogP contribution in [0.15, 0.2) is 29.3 Å². The summed E-state index contributed by atoms with van der Waals surface area (Å²) < 4.78 is 5.83. The fourth-order valence-electron chi connectivity index (χ4n) is 2.42. The second-order valence-electron chi connectivity index (χ2n) is 5.70. The molecule has 1 aliphatic heterocycles. The standard InChI is InChI=1S/C15H18N6O3/c1-20(2)12-7-16-8-14(17-12)24-10-5-6-21(9-10)15(23)11-3-4-13(22)19-18-11/h3-4,7-8,10H,5-6,9H2,1-2H3,(H,19,22). The molecular weight excluding hydrogens is 312 g/mol. The molecule has 1 unspecified atom stereocenters. The first-order valence-corrected chi connectivity index (χ1v) is 7.54. The molecule has 0 aromatic carbocycles. The van der Waals surface area contributed by atoms with Crippen LogP contribution in [-0.4, -0.2) is 64.3 Å². The maximum absolute atomic E-state index is 12.4. The Kier molecular flexibility index (Phi) is 4.41. The van der Waals surface area contributed by atoms with Crippen LogP contribution in [0.1, 0.15) is 16.9 Å². The van der Waals surface area contributed by atoms with Gasteiger partial charge in [-0.05, 0) is 6.07 Å². The predicted molar refractivity (Wildman–Crippen MR) is 86.2 cm³/mol. The first-order valence-electron chi connectivity index (χ1n) is 7.54. The Morgan fingerprint density at radius 3 is 2.92 bits per heavy atom. The molecule has 0 aliphatic carbocycles. The summed E-state index contributed by atoms with van der Waals surface area (Å²) in [7, 11) is 3.75. The summed E-state index contributed by atoms with van der Waals surface area (Å²) in [6.07, 6.45) is 3.76. The molecule has 9 nitrogen and oxygen atoms in total. The second kappa shape index (κ2) is 6.65. The fourth-order valence-corrected chi connectivity index (χ4v) is 2.42. The average Bonchev–Trinajstić information content (AvgIpc) is 3.03. The van der Waals surface area contributed by atoms with Crippen molar-refractivity contribution in [1.82, 2.24) is 25.1 Å². The third-order valence-corrected chi connectivity index (χ3v) is 3.68. The monoisotopic (exact) mass is 330 g/mol. The SMILES string of the molecule is CN(C)c1cncc(OC2CCN(C(=O)c3ccc(=O)[nH]n3)C2)n1. The van der Waals surface area contributed by atoms with E-state index < -0.39 is 0 Å². The van der Waals surface area contributed by atoms with Gasteiger partial charge in [-0.1, -0.05) is 0 Å². The number of ether oxygens (including phenoxy) is 1. The molecule has 1 amide bonds. The highest BCUT2D eigenvalue weighted by Gasteiger charge is 2.29. The molecule has 1 atom stereocenters. The van der Waals surface area contributed by atoms with Crippen LogP contribution in [-0.2, 0) is 0 Å². The van der Waals surface area contributed by atoms with Crippen molar-refractivity contribution >= 4 is 11.7 Å². The van der Waals surface area contributed by atoms with Gasteiger partial charge in [0.1, 0.15) is 11.8 Å². The van der Waals surface area contributed by atoms with E-state index in [2.05, 4.69) is 20.2 Å². The molecule has 2 aromatic rings. The smallest absolute Gasteiger partial charge is 0.274 e. The number of H-pyrrole nitrogens is 1. The number of aromatic amines is 1. The number of amides is 1. The minimum absolute atomic E-state index is 0.150. The number of rotatable bonds is 4. The van der Waals surface area contributed by atoms with E-state index in [1.807, 2.05) is 19.0 Å². The van der Waals surface area contributed by atoms with Crippen LogP contribution >= 0.6 is 0 Å². The van der Waals surface area contributed by atoms with Crippen LogP contribution in [0.5, 0.6) is 5.88 Å². The predicted octanol–water partition coefficient (Wildman–Crippen LogP) is -0.0806. The number of carbonyl (C=O) groups is 1. The summed E-state index contributed by atoms with van der Waals surface area (Å²) in [5.41, 5.74) is -0.127. The molecule has 3 heterocycles. The highest BCUT2D eigenvalue weighted by atomic mass is 16.5. The van der Waals surface area contributed by atoms with Gasteiger partial charge in [0, 0.05) is 33.1 Å². The number of hydrogen-bond donors (Lipinski definition) is 1. The molecule has 0 spiro atoms. The van der Waals surface area contributed by atoms with Gasteiger partial charge in [-0.2, -0.15) is 10.1 Å². The van der Waals surface area contributed by atoms with E-state index in [0.717, 1.165) is 0 Å². The lowest BCUT2D eigenvalue weighted by molar-refractivity contribution is 0.0764. The van der Waals surface area contributed by atoms with E-state index in [1.54, 1.807) is 17.3 Å². The molecule has 2 aromatic heterocycles. The van der Waals surface area contributed by atoms with Crippen molar-refractivity contribution in [3.8, 4) is 5.88 Å². The van der Waals surface area contributed by atoms with Crippen molar-refractivity contribution in [2.24, 2.45) is 0 Å². The van der Waals surface area contributed by atoms with Crippen LogP contribution < -0.4 is 15.2 Å². The fraction of sp³-hybridized carbons (Fsp3) is 0.400. The average molecular weight is 330 g/mol. The lowest BCUT2D eigenvalue weighted by atomic mass is 10.3. The molecule has 0 saturated carbocycles. The van der Waals surface area contributed by atoms with E-state index in [-0.39, 0.29) is 23.3 Å². The Balaban J connectivity index is 1.63. The lowest BCUT2D eigenvalue weighted by Crippen LogP contribution is -2.32. The zero-order valence-corrected chi connectivity index (χ0v) is 13.5. The van der Waals surface area contributed by atoms with Gasteiger partial charge in [0.15, 0.2) is 5.82 Å². The third-order valence-electron chi connectivity index (χ3n) is 3.68. The molecule has 3 rings (SSSR count). The summed E-state index contributed by atoms with van der Waals surface area (Å²) >= 11 is 0. The second-order valence-corrected chi connectivity index (χ2v) is 5.70. The number of anilines is 1. The van der Waals surface area contributed by atoms with Crippen molar-refractivity contribution in [2.45, 2.75) is 12.5 Å². The number of nitrogens with zero attached hydrogens (tertiary/aromatic N) is 5. The quantitative estimate of drug-likeness (QED) is 0.836. The van der Waals surface area contributed by atoms with E-state index in [1.165, 1.54) is 12.1 Å². The van der Waals surface area contributed by atoms with Crippen molar-refractivity contribution < 1.29 is 9.53 Å². The molecule has 126 valence electrons. The maximum atomic E-state index is 12.4. The van der Waals surface area contributed by atoms with Gasteiger partial charge in [-0.15, -0.1) is 0 Å². The highest BCUT2D eigenvalue weighted by Crippen LogP contribution is 2.19. The molecule has 1 fully saturated rings. The summed E-state index contributed by atoms with van der Waals surface area (Å²) in [5.74, 6) is 0.906. The molecule has 9 heteroatoms. The Morgan fingerprint density at radius 1 is 1.38 bits per heavy atom. The first kappa shape index (κ1) is 15.9. The largest absolute Gasteiger partial charge is 0.471 e. The minimum atomic E-state index is -0.339. The van der Waals surface area contributed by atoms with E-state index in [9.17, 15) is 9.59 Å². The molecular formula is C15H18N6O3. The van der Waals surface area contributed by atoms with Gasteiger partial charge in [-0.3, -0.25) is 14.6 Å². The Labute approximate surface area is 138 Å². The first-order chi connectivity index (χ1) is 11.5. The maximum Gasteiger partial charge on any atom is 0.274 e. The molecule has 0 radical (unpaired) electrons. The van der Waals surface area contributed by atoms with Crippen LogP contribution in [0.2, 0.25) is 0 Å². The zero-order valence-electron chi connectivity index (χ0n) is 13.5. The number of aromatic nitrogens is 4. The van der Waals surface area contributed by atoms with Crippen molar-refractivity contribution in [3.05, 3.63) is 40.6 Å². The van der Waals surface area contributed by atoms with Gasteiger partial charge >= 0.3 is 0 Å². The van der Waals surface area contributed by atoms with Crippen molar-refractivity contribution in [2.75, 3.05) is 32.1 Å². The van der Waals surface area contributed by atoms with E-state index in [4.69, 9.17) is 4.74 Å². The lowest BCUT2D eigenvalue weighted by Gasteiger charge is -2.17. The van der Waals surface area contributed by atoms with Crippen LogP contribution in [0.4, 0.5) is 5.82 Å². The topological polar surface area (TPSA) is 104 Å². The zero-order chi connectivity index (χ0) is 17.1. The third kappa shape index (κ3) is 3.50. The summed E-state index contributed by atoms with van der Waals surface area (Å²) in [5, 5.41) is 6.03. The Morgan fingerprint density at radius 2 is 2.21 bits per heavy atom. The Hall–Kier alpha value is -2.97. The van der Waals surface area contributed by atoms with Crippen LogP contribution in [0.25, 0.3) is 0 Å². The van der Waals surface area contributed by atoms with Gasteiger partial charge in [0.25, 0.3) is 11.5 Å². The minimum Gasteiger partial charge on any atom is -0.471 e. The molecule has 0 bridgehead atoms. The molecule has 1 aliphatic rings. The number of hydrogen-bond acceptors (Lipinski definition) is 7. The van der Waals surface area contributed by atoms with Gasteiger partial charge < -0.3 is 14.5 Å². The normalized spacial score (nSPS) is 16.9. The van der Waals surface area contributed by atoms with E-state index in [0.29, 0.717) is 31.2 Å². The molecule has 24 heavy (non-hydrogen) atoms. The number of likely N-dealkylation sites (tertiary alicyclic amines) is 1. The van der Waals surface area contributed by atoms with Gasteiger partial charge in [-0.25, -0.2) is 5.10 Å².